The predicted molar refractivity (Wildman–Crippen MR) is 98.1 cm³/mol. The van der Waals surface area contributed by atoms with Crippen LogP contribution in [0.3, 0.4) is 0 Å². The molecular weight excluding hydrogens is 325 g/mol. The zero-order chi connectivity index (χ0) is 17.7. The number of halogens is 2. The standard InChI is InChI=1S/C18H23ClFNO.C2H6/c1-12(22)16(15-6-7-17(19)18(20)8-15)11-21(9-13-2-3-13)10-14-4-5-14;1-2/h6-8,13-14,16H,2-5,9-11H2,1H3;1-2H3. The van der Waals surface area contributed by atoms with Gasteiger partial charge in [-0.15, -0.1) is 0 Å². The number of nitrogens with zero attached hydrogens (tertiary/aromatic N) is 1. The minimum absolute atomic E-state index is 0.0957. The quantitative estimate of drug-likeness (QED) is 0.632. The van der Waals surface area contributed by atoms with Gasteiger partial charge in [-0.3, -0.25) is 4.79 Å². The molecular formula is C20H29ClFNO. The van der Waals surface area contributed by atoms with Crippen molar-refractivity contribution in [2.75, 3.05) is 19.6 Å². The second-order valence-corrected chi connectivity index (χ2v) is 7.35. The zero-order valence-electron chi connectivity index (χ0n) is 15.0. The topological polar surface area (TPSA) is 20.3 Å². The van der Waals surface area contributed by atoms with Crippen molar-refractivity contribution in [3.05, 3.63) is 34.6 Å². The number of hydrogen-bond donors (Lipinski definition) is 0. The van der Waals surface area contributed by atoms with Crippen LogP contribution in [0.2, 0.25) is 5.02 Å². The fourth-order valence-corrected chi connectivity index (χ4v) is 3.13. The molecule has 2 nitrogen and oxygen atoms in total. The molecule has 24 heavy (non-hydrogen) atoms. The fourth-order valence-electron chi connectivity index (χ4n) is 3.01. The highest BCUT2D eigenvalue weighted by Crippen LogP contribution is 2.35. The molecule has 0 radical (unpaired) electrons. The molecule has 1 atom stereocenters. The third-order valence-corrected chi connectivity index (χ3v) is 5.01. The van der Waals surface area contributed by atoms with Crippen molar-refractivity contribution >= 4 is 17.4 Å². The molecule has 0 N–H and O–H groups in total. The molecule has 0 spiro atoms. The Kier molecular flexibility index (Phi) is 7.24. The van der Waals surface area contributed by atoms with Gasteiger partial charge in [0.05, 0.1) is 10.9 Å². The number of carbonyl (C=O) groups is 1. The molecule has 2 aliphatic carbocycles. The van der Waals surface area contributed by atoms with Gasteiger partial charge < -0.3 is 4.90 Å². The lowest BCUT2D eigenvalue weighted by atomic mass is 9.94. The van der Waals surface area contributed by atoms with E-state index < -0.39 is 5.82 Å². The summed E-state index contributed by atoms with van der Waals surface area (Å²) in [6.45, 7) is 8.46. The van der Waals surface area contributed by atoms with E-state index >= 15 is 0 Å². The maximum atomic E-state index is 13.7. The minimum Gasteiger partial charge on any atom is -0.302 e. The highest BCUT2D eigenvalue weighted by atomic mass is 35.5. The van der Waals surface area contributed by atoms with Crippen molar-refractivity contribution in [1.29, 1.82) is 0 Å². The minimum atomic E-state index is -0.443. The Morgan fingerprint density at radius 2 is 1.75 bits per heavy atom. The Bertz CT molecular complexity index is 541. The van der Waals surface area contributed by atoms with Gasteiger partial charge in [-0.25, -0.2) is 4.39 Å². The van der Waals surface area contributed by atoms with Gasteiger partial charge in [0.2, 0.25) is 0 Å². The third kappa shape index (κ3) is 5.86. The normalized spacial score (nSPS) is 18.1. The van der Waals surface area contributed by atoms with Gasteiger partial charge >= 0.3 is 0 Å². The predicted octanol–water partition coefficient (Wildman–Crippen LogP) is 5.30. The summed E-state index contributed by atoms with van der Waals surface area (Å²) in [6, 6.07) is 4.75. The summed E-state index contributed by atoms with van der Waals surface area (Å²) in [5, 5.41) is 0.110. The molecule has 1 unspecified atom stereocenters. The second-order valence-electron chi connectivity index (χ2n) is 6.94. The first-order valence-corrected chi connectivity index (χ1v) is 9.58. The SMILES string of the molecule is CC.CC(=O)C(CN(CC1CC1)CC1CC1)c1ccc(Cl)c(F)c1. The first-order valence-electron chi connectivity index (χ1n) is 9.20. The lowest BCUT2D eigenvalue weighted by Crippen LogP contribution is -2.34. The van der Waals surface area contributed by atoms with Crippen LogP contribution in [0.25, 0.3) is 0 Å². The Labute approximate surface area is 150 Å². The van der Waals surface area contributed by atoms with Crippen LogP contribution in [0.15, 0.2) is 18.2 Å². The van der Waals surface area contributed by atoms with Crippen LogP contribution in [-0.4, -0.2) is 30.3 Å². The molecule has 4 heteroatoms. The van der Waals surface area contributed by atoms with Crippen molar-refractivity contribution in [1.82, 2.24) is 4.90 Å². The van der Waals surface area contributed by atoms with E-state index in [9.17, 15) is 9.18 Å². The molecule has 1 aromatic carbocycles. The van der Waals surface area contributed by atoms with E-state index in [4.69, 9.17) is 11.6 Å². The van der Waals surface area contributed by atoms with E-state index in [-0.39, 0.29) is 16.7 Å². The zero-order valence-corrected chi connectivity index (χ0v) is 15.8. The Morgan fingerprint density at radius 3 is 2.17 bits per heavy atom. The second kappa shape index (κ2) is 8.96. The molecule has 1 aromatic rings. The van der Waals surface area contributed by atoms with Gasteiger partial charge in [-0.2, -0.15) is 0 Å². The maximum Gasteiger partial charge on any atom is 0.142 e. The molecule has 0 aromatic heterocycles. The molecule has 0 aliphatic heterocycles. The van der Waals surface area contributed by atoms with Crippen molar-refractivity contribution in [2.24, 2.45) is 11.8 Å². The van der Waals surface area contributed by atoms with Crippen LogP contribution in [0, 0.1) is 17.7 Å². The van der Waals surface area contributed by atoms with Gasteiger partial charge in [-0.1, -0.05) is 31.5 Å². The van der Waals surface area contributed by atoms with Gasteiger partial charge in [0, 0.05) is 19.6 Å². The molecule has 2 saturated carbocycles. The number of hydrogen-bond acceptors (Lipinski definition) is 2. The van der Waals surface area contributed by atoms with E-state index in [1.54, 1.807) is 19.1 Å². The smallest absolute Gasteiger partial charge is 0.142 e. The number of rotatable bonds is 8. The Balaban J connectivity index is 0.00000100. The van der Waals surface area contributed by atoms with E-state index in [1.165, 1.54) is 31.7 Å². The molecule has 0 bridgehead atoms. The number of benzene rings is 1. The lowest BCUT2D eigenvalue weighted by Gasteiger charge is -2.27. The molecule has 0 amide bonds. The fraction of sp³-hybridized carbons (Fsp3) is 0.650. The van der Waals surface area contributed by atoms with Gasteiger partial charge in [0.1, 0.15) is 11.6 Å². The monoisotopic (exact) mass is 353 g/mol. The first-order chi connectivity index (χ1) is 11.5. The highest BCUT2D eigenvalue weighted by Gasteiger charge is 2.31. The summed E-state index contributed by atoms with van der Waals surface area (Å²) in [7, 11) is 0. The van der Waals surface area contributed by atoms with Crippen LogP contribution in [-0.2, 0) is 4.79 Å². The molecule has 2 fully saturated rings. The summed E-state index contributed by atoms with van der Waals surface area (Å²) in [4.78, 5) is 14.5. The van der Waals surface area contributed by atoms with Crippen molar-refractivity contribution in [3.63, 3.8) is 0 Å². The van der Waals surface area contributed by atoms with Crippen LogP contribution in [0.1, 0.15) is 57.9 Å². The van der Waals surface area contributed by atoms with Crippen LogP contribution in [0.4, 0.5) is 4.39 Å². The summed E-state index contributed by atoms with van der Waals surface area (Å²) >= 11 is 5.75. The largest absolute Gasteiger partial charge is 0.302 e. The lowest BCUT2D eigenvalue weighted by molar-refractivity contribution is -0.118. The van der Waals surface area contributed by atoms with Gasteiger partial charge in [0.15, 0.2) is 0 Å². The molecule has 0 saturated heterocycles. The Hall–Kier alpha value is -0.930. The van der Waals surface area contributed by atoms with Crippen molar-refractivity contribution < 1.29 is 9.18 Å². The van der Waals surface area contributed by atoms with Crippen LogP contribution in [0.5, 0.6) is 0 Å². The van der Waals surface area contributed by atoms with Gasteiger partial charge in [-0.05, 0) is 62.1 Å². The van der Waals surface area contributed by atoms with Gasteiger partial charge in [0.25, 0.3) is 0 Å². The average molecular weight is 354 g/mol. The van der Waals surface area contributed by atoms with Crippen molar-refractivity contribution in [3.8, 4) is 0 Å². The summed E-state index contributed by atoms with van der Waals surface area (Å²) < 4.78 is 13.7. The number of Topliss-reactive ketones (excluding diaryl/α,β-unsaturated/α-hetero) is 1. The number of ketones is 1. The number of carbonyl (C=O) groups excluding carboxylic acids is 1. The van der Waals surface area contributed by atoms with Crippen LogP contribution < -0.4 is 0 Å². The summed E-state index contributed by atoms with van der Waals surface area (Å²) in [5.41, 5.74) is 0.742. The van der Waals surface area contributed by atoms with Crippen LogP contribution >= 0.6 is 11.6 Å². The van der Waals surface area contributed by atoms with E-state index in [0.717, 1.165) is 30.5 Å². The third-order valence-electron chi connectivity index (χ3n) is 4.70. The summed E-state index contributed by atoms with van der Waals surface area (Å²) in [6.07, 6.45) is 5.23. The van der Waals surface area contributed by atoms with Crippen molar-refractivity contribution in [2.45, 2.75) is 52.4 Å². The highest BCUT2D eigenvalue weighted by molar-refractivity contribution is 6.30. The molecule has 3 rings (SSSR count). The van der Waals surface area contributed by atoms with E-state index in [1.807, 2.05) is 13.8 Å². The Morgan fingerprint density at radius 1 is 1.21 bits per heavy atom. The molecule has 0 heterocycles. The average Bonchev–Trinajstić information content (AvgIpc) is 3.46. The molecule has 2 aliphatic rings. The summed E-state index contributed by atoms with van der Waals surface area (Å²) in [5.74, 6) is 0.991. The van der Waals surface area contributed by atoms with E-state index in [2.05, 4.69) is 4.90 Å². The van der Waals surface area contributed by atoms with E-state index in [0.29, 0.717) is 6.54 Å². The molecule has 134 valence electrons. The maximum absolute atomic E-state index is 13.7. The first kappa shape index (κ1) is 19.4.